The average molecular weight is 666 g/mol. The first kappa shape index (κ1) is 30.2. The van der Waals surface area contributed by atoms with E-state index < -0.39 is 18.0 Å². The van der Waals surface area contributed by atoms with Gasteiger partial charge in [0.25, 0.3) is 5.56 Å². The predicted octanol–water partition coefficient (Wildman–Crippen LogP) is 5.62. The van der Waals surface area contributed by atoms with Gasteiger partial charge in [-0.15, -0.1) is 0 Å². The molecule has 222 valence electrons. The zero-order valence-corrected chi connectivity index (χ0v) is 26.4. The van der Waals surface area contributed by atoms with Crippen LogP contribution in [-0.2, 0) is 9.53 Å². The van der Waals surface area contributed by atoms with Crippen LogP contribution in [0.3, 0.4) is 0 Å². The van der Waals surface area contributed by atoms with Crippen LogP contribution in [-0.4, -0.2) is 35.3 Å². The molecule has 0 saturated carbocycles. The summed E-state index contributed by atoms with van der Waals surface area (Å²) in [6, 6.07) is 12.9. The molecule has 0 bridgehead atoms. The van der Waals surface area contributed by atoms with Crippen molar-refractivity contribution in [3.05, 3.63) is 106 Å². The molecule has 1 atom stereocenters. The Morgan fingerprint density at radius 2 is 1.95 bits per heavy atom. The van der Waals surface area contributed by atoms with Gasteiger partial charge in [0.1, 0.15) is 23.3 Å². The molecular formula is C32H29BrN2O7S. The number of furan rings is 1. The van der Waals surface area contributed by atoms with Crippen molar-refractivity contribution in [1.82, 2.24) is 4.57 Å². The monoisotopic (exact) mass is 664 g/mol. The molecular weight excluding hydrogens is 636 g/mol. The number of carboxylic acid groups (broad SMARTS) is 1. The number of ether oxygens (including phenoxy) is 2. The number of carbonyl (C=O) groups is 2. The molecule has 1 N–H and O–H groups in total. The van der Waals surface area contributed by atoms with E-state index in [2.05, 4.69) is 15.9 Å². The summed E-state index contributed by atoms with van der Waals surface area (Å²) in [5.41, 5.74) is 2.77. The van der Waals surface area contributed by atoms with Gasteiger partial charge in [-0.2, -0.15) is 0 Å². The van der Waals surface area contributed by atoms with E-state index in [-0.39, 0.29) is 17.7 Å². The van der Waals surface area contributed by atoms with Gasteiger partial charge in [0.15, 0.2) is 4.80 Å². The minimum Gasteiger partial charge on any atom is -0.496 e. The Balaban J connectivity index is 1.70. The van der Waals surface area contributed by atoms with Gasteiger partial charge in [-0.05, 0) is 68.3 Å². The summed E-state index contributed by atoms with van der Waals surface area (Å²) >= 11 is 4.72. The van der Waals surface area contributed by atoms with Gasteiger partial charge in [-0.25, -0.2) is 14.6 Å². The highest BCUT2D eigenvalue weighted by Gasteiger charge is 2.36. The number of aromatic nitrogens is 1. The third kappa shape index (κ3) is 5.87. The molecule has 2 aromatic carbocycles. The number of halogens is 1. The second-order valence-corrected chi connectivity index (χ2v) is 11.8. The van der Waals surface area contributed by atoms with Crippen LogP contribution >= 0.6 is 27.3 Å². The van der Waals surface area contributed by atoms with Gasteiger partial charge < -0.3 is 19.0 Å². The molecule has 0 unspecified atom stereocenters. The number of hydrogen-bond acceptors (Lipinski definition) is 8. The molecule has 1 aliphatic rings. The Labute approximate surface area is 259 Å². The van der Waals surface area contributed by atoms with E-state index >= 15 is 0 Å². The van der Waals surface area contributed by atoms with Gasteiger partial charge in [0, 0.05) is 21.7 Å². The Morgan fingerprint density at radius 1 is 1.16 bits per heavy atom. The van der Waals surface area contributed by atoms with E-state index in [4.69, 9.17) is 18.9 Å². The van der Waals surface area contributed by atoms with Crippen LogP contribution in [0, 0.1) is 6.92 Å². The summed E-state index contributed by atoms with van der Waals surface area (Å²) in [6.07, 6.45) is 2.88. The topological polar surface area (TPSA) is 120 Å². The summed E-state index contributed by atoms with van der Waals surface area (Å²) in [6.45, 7) is 5.77. The Kier molecular flexibility index (Phi) is 8.84. The standard InChI is InChI=1S/C32H29BrN2O7S/c1-5-7-23-27(31(39)41-6-2)28(22-15-19(33)10-12-24(22)40-4)35-29(36)26(43-32(35)34-23)16-20-11-13-25(42-20)21-14-18(30(37)38)9-8-17(21)3/h8-16,28H,5-7H2,1-4H3,(H,37,38)/b26-16+/t28-/m0/s1. The van der Waals surface area contributed by atoms with E-state index in [1.54, 1.807) is 56.5 Å². The summed E-state index contributed by atoms with van der Waals surface area (Å²) in [5.74, 6) is -0.167. The summed E-state index contributed by atoms with van der Waals surface area (Å²) in [5, 5.41) is 9.42. The number of nitrogens with zero attached hydrogens (tertiary/aromatic N) is 2. The SMILES string of the molecule is CCCC1=C(C(=O)OCC)[C@H](c2cc(Br)ccc2OC)n2c(s/c(=C/c3ccc(-c4cc(C(=O)O)ccc4C)o3)c2=O)=N1. The zero-order valence-electron chi connectivity index (χ0n) is 24.0. The number of aryl methyl sites for hydroxylation is 1. The normalized spacial score (nSPS) is 14.8. The van der Waals surface area contributed by atoms with Crippen molar-refractivity contribution < 1.29 is 28.6 Å². The number of hydrogen-bond donors (Lipinski definition) is 1. The van der Waals surface area contributed by atoms with Crippen molar-refractivity contribution in [2.45, 2.75) is 39.7 Å². The lowest BCUT2D eigenvalue weighted by molar-refractivity contribution is -0.139. The molecule has 4 aromatic rings. The number of thiazole rings is 1. The van der Waals surface area contributed by atoms with Crippen LogP contribution in [0.5, 0.6) is 5.75 Å². The first-order valence-electron chi connectivity index (χ1n) is 13.7. The molecule has 0 spiro atoms. The van der Waals surface area contributed by atoms with Crippen LogP contribution in [0.25, 0.3) is 17.4 Å². The summed E-state index contributed by atoms with van der Waals surface area (Å²) in [4.78, 5) is 44.2. The number of rotatable bonds is 9. The highest BCUT2D eigenvalue weighted by atomic mass is 79.9. The fourth-order valence-electron chi connectivity index (χ4n) is 5.06. The fraction of sp³-hybridized carbons (Fsp3) is 0.250. The van der Waals surface area contributed by atoms with Gasteiger partial charge in [0.05, 0.1) is 35.1 Å². The largest absolute Gasteiger partial charge is 0.496 e. The molecule has 0 aliphatic carbocycles. The van der Waals surface area contributed by atoms with E-state index in [9.17, 15) is 19.5 Å². The number of benzene rings is 2. The molecule has 43 heavy (non-hydrogen) atoms. The minimum atomic E-state index is -1.03. The number of carbonyl (C=O) groups excluding carboxylic acids is 1. The van der Waals surface area contributed by atoms with Crippen LogP contribution in [0.15, 0.2) is 78.5 Å². The third-order valence-electron chi connectivity index (χ3n) is 7.03. The Hall–Kier alpha value is -4.22. The van der Waals surface area contributed by atoms with E-state index in [0.29, 0.717) is 55.4 Å². The van der Waals surface area contributed by atoms with Crippen LogP contribution in [0.1, 0.15) is 60.0 Å². The van der Waals surface area contributed by atoms with Gasteiger partial charge >= 0.3 is 11.9 Å². The molecule has 0 saturated heterocycles. The number of aromatic carboxylic acids is 1. The van der Waals surface area contributed by atoms with Crippen molar-refractivity contribution >= 4 is 45.3 Å². The number of carboxylic acids is 1. The number of fused-ring (bicyclic) bond motifs is 1. The maximum Gasteiger partial charge on any atom is 0.338 e. The maximum absolute atomic E-state index is 14.1. The minimum absolute atomic E-state index is 0.148. The van der Waals surface area contributed by atoms with Gasteiger partial charge in [-0.3, -0.25) is 9.36 Å². The van der Waals surface area contributed by atoms with Crippen LogP contribution in [0.4, 0.5) is 0 Å². The highest BCUT2D eigenvalue weighted by Crippen LogP contribution is 2.38. The molecule has 5 rings (SSSR count). The lowest BCUT2D eigenvalue weighted by Gasteiger charge is -2.27. The quantitative estimate of drug-likeness (QED) is 0.231. The molecule has 3 heterocycles. The lowest BCUT2D eigenvalue weighted by Crippen LogP contribution is -2.40. The molecule has 2 aromatic heterocycles. The summed E-state index contributed by atoms with van der Waals surface area (Å²) < 4.78 is 19.8. The van der Waals surface area contributed by atoms with Crippen LogP contribution in [0.2, 0.25) is 0 Å². The van der Waals surface area contributed by atoms with Gasteiger partial charge in [-0.1, -0.05) is 46.7 Å². The average Bonchev–Trinajstić information content (AvgIpc) is 3.56. The smallest absolute Gasteiger partial charge is 0.338 e. The third-order valence-corrected chi connectivity index (χ3v) is 8.50. The molecule has 9 nitrogen and oxygen atoms in total. The van der Waals surface area contributed by atoms with Crippen molar-refractivity contribution in [1.29, 1.82) is 0 Å². The molecule has 11 heteroatoms. The molecule has 0 fully saturated rings. The van der Waals surface area contributed by atoms with Crippen molar-refractivity contribution in [3.63, 3.8) is 0 Å². The number of methoxy groups -OCH3 is 1. The first-order chi connectivity index (χ1) is 20.7. The van der Waals surface area contributed by atoms with Gasteiger partial charge in [0.2, 0.25) is 0 Å². The fourth-order valence-corrected chi connectivity index (χ4v) is 6.44. The predicted molar refractivity (Wildman–Crippen MR) is 166 cm³/mol. The van der Waals surface area contributed by atoms with E-state index in [1.165, 1.54) is 15.9 Å². The first-order valence-corrected chi connectivity index (χ1v) is 15.3. The van der Waals surface area contributed by atoms with Crippen LogP contribution < -0.4 is 19.6 Å². The summed E-state index contributed by atoms with van der Waals surface area (Å²) in [7, 11) is 1.54. The van der Waals surface area contributed by atoms with E-state index in [1.807, 2.05) is 26.0 Å². The van der Waals surface area contributed by atoms with Crippen molar-refractivity contribution in [2.24, 2.45) is 4.99 Å². The lowest BCUT2D eigenvalue weighted by atomic mass is 9.93. The molecule has 0 amide bonds. The maximum atomic E-state index is 14.1. The highest BCUT2D eigenvalue weighted by molar-refractivity contribution is 9.10. The zero-order chi connectivity index (χ0) is 30.8. The Bertz CT molecular complexity index is 1950. The Morgan fingerprint density at radius 3 is 2.65 bits per heavy atom. The van der Waals surface area contributed by atoms with Crippen molar-refractivity contribution in [3.8, 4) is 17.1 Å². The van der Waals surface area contributed by atoms with E-state index in [0.717, 1.165) is 16.5 Å². The molecule has 1 aliphatic heterocycles. The second kappa shape index (κ2) is 12.6. The number of esters is 1. The van der Waals surface area contributed by atoms with Crippen molar-refractivity contribution in [2.75, 3.05) is 13.7 Å². The molecule has 0 radical (unpaired) electrons. The number of allylic oxidation sites excluding steroid dienone is 1. The second-order valence-electron chi connectivity index (χ2n) is 9.84.